The zero-order valence-electron chi connectivity index (χ0n) is 19.4. The maximum absolute atomic E-state index is 12.0. The Balaban J connectivity index is 1.09. The number of nitriles is 1. The maximum atomic E-state index is 12.0. The van der Waals surface area contributed by atoms with E-state index >= 15 is 0 Å². The first-order chi connectivity index (χ1) is 16.5. The number of aromatic nitrogens is 1. The van der Waals surface area contributed by atoms with Gasteiger partial charge in [0.2, 0.25) is 0 Å². The zero-order chi connectivity index (χ0) is 23.3. The van der Waals surface area contributed by atoms with Crippen molar-refractivity contribution in [3.8, 4) is 6.07 Å². The molecule has 7 heteroatoms. The first kappa shape index (κ1) is 21.6. The number of aliphatic hydroxyl groups excluding tert-OH is 1. The number of pyridine rings is 1. The number of anilines is 1. The summed E-state index contributed by atoms with van der Waals surface area (Å²) in [7, 11) is 0. The molecule has 4 aliphatic rings. The summed E-state index contributed by atoms with van der Waals surface area (Å²) in [5.74, 6) is 1.18. The summed E-state index contributed by atoms with van der Waals surface area (Å²) in [6.07, 6.45) is 6.76. The number of ether oxygens (including phenoxy) is 1. The van der Waals surface area contributed by atoms with Gasteiger partial charge in [0, 0.05) is 31.4 Å². The summed E-state index contributed by atoms with van der Waals surface area (Å²) < 4.78 is 5.28. The van der Waals surface area contributed by atoms with Crippen LogP contribution in [0.2, 0.25) is 0 Å². The Morgan fingerprint density at radius 2 is 1.97 bits per heavy atom. The van der Waals surface area contributed by atoms with E-state index in [0.717, 1.165) is 75.2 Å². The third-order valence-corrected chi connectivity index (χ3v) is 8.29. The van der Waals surface area contributed by atoms with Crippen LogP contribution < -0.4 is 4.90 Å². The number of carbonyl (C=O) groups is 1. The number of cyclic esters (lactones) is 1. The van der Waals surface area contributed by atoms with Crippen molar-refractivity contribution < 1.29 is 14.6 Å². The number of piperidine rings is 1. The van der Waals surface area contributed by atoms with Crippen molar-refractivity contribution in [2.24, 2.45) is 5.41 Å². The smallest absolute Gasteiger partial charge is 0.338 e. The molecule has 0 amide bonds. The molecule has 1 atom stereocenters. The van der Waals surface area contributed by atoms with Crippen LogP contribution in [0.1, 0.15) is 76.7 Å². The number of aliphatic hydroxyl groups is 1. The monoisotopic (exact) mass is 458 g/mol. The molecular weight excluding hydrogens is 428 g/mol. The highest BCUT2D eigenvalue weighted by Crippen LogP contribution is 2.47. The van der Waals surface area contributed by atoms with Crippen LogP contribution in [0.4, 0.5) is 5.82 Å². The molecule has 1 aromatic heterocycles. The van der Waals surface area contributed by atoms with Gasteiger partial charge in [0.05, 0.1) is 17.2 Å². The van der Waals surface area contributed by atoms with Crippen molar-refractivity contribution in [2.75, 3.05) is 37.6 Å². The van der Waals surface area contributed by atoms with E-state index in [-0.39, 0.29) is 5.97 Å². The van der Waals surface area contributed by atoms with Crippen molar-refractivity contribution in [3.63, 3.8) is 0 Å². The molecule has 7 nitrogen and oxygen atoms in total. The number of hydrogen-bond acceptors (Lipinski definition) is 7. The number of likely N-dealkylation sites (tertiary alicyclic amines) is 1. The average molecular weight is 459 g/mol. The highest BCUT2D eigenvalue weighted by atomic mass is 16.5. The second kappa shape index (κ2) is 8.37. The summed E-state index contributed by atoms with van der Waals surface area (Å²) in [6.45, 7) is 4.95. The van der Waals surface area contributed by atoms with Crippen LogP contribution in [-0.2, 0) is 11.3 Å². The Bertz CT molecular complexity index is 1140. The topological polar surface area (TPSA) is 89.7 Å². The summed E-state index contributed by atoms with van der Waals surface area (Å²) >= 11 is 0. The van der Waals surface area contributed by atoms with Crippen molar-refractivity contribution in [1.29, 1.82) is 5.26 Å². The van der Waals surface area contributed by atoms with Crippen molar-refractivity contribution in [3.05, 3.63) is 58.3 Å². The Hall–Kier alpha value is -2.95. The normalized spacial score (nSPS) is 22.5. The minimum Gasteiger partial charge on any atom is -0.457 e. The standard InChI is InChI=1S/C27H30N4O3/c28-13-18-1-6-24(29-14-18)31-12-9-27(17-31)7-10-30(11-8-27)15-23(32)21-5-4-20-22(16-34-26(20)33)25(21)19-2-3-19/h1,4-6,14,19,23,32H,2-3,7-12,15-17H2. The third-order valence-electron chi connectivity index (χ3n) is 8.29. The van der Waals surface area contributed by atoms with Gasteiger partial charge in [-0.3, -0.25) is 0 Å². The molecule has 1 aliphatic carbocycles. The summed E-state index contributed by atoms with van der Waals surface area (Å²) in [4.78, 5) is 21.2. The first-order valence-corrected chi connectivity index (χ1v) is 12.4. The minimum absolute atomic E-state index is 0.235. The zero-order valence-corrected chi connectivity index (χ0v) is 19.4. The Morgan fingerprint density at radius 1 is 1.18 bits per heavy atom. The van der Waals surface area contributed by atoms with E-state index in [1.54, 1.807) is 6.20 Å². The fraction of sp³-hybridized carbons (Fsp3) is 0.519. The highest BCUT2D eigenvalue weighted by molar-refractivity contribution is 5.94. The van der Waals surface area contributed by atoms with Crippen LogP contribution in [0.3, 0.4) is 0 Å². The van der Waals surface area contributed by atoms with Gasteiger partial charge in [-0.25, -0.2) is 9.78 Å². The Labute approximate surface area is 200 Å². The van der Waals surface area contributed by atoms with Crippen LogP contribution in [0.15, 0.2) is 30.5 Å². The number of rotatable bonds is 5. The van der Waals surface area contributed by atoms with E-state index in [4.69, 9.17) is 10.00 Å². The van der Waals surface area contributed by atoms with Gasteiger partial charge in [-0.05, 0) is 85.9 Å². The lowest BCUT2D eigenvalue weighted by Crippen LogP contribution is -2.43. The lowest BCUT2D eigenvalue weighted by atomic mass is 9.77. The molecule has 6 rings (SSSR count). The van der Waals surface area contributed by atoms with E-state index in [1.165, 1.54) is 5.56 Å². The van der Waals surface area contributed by atoms with Gasteiger partial charge < -0.3 is 19.6 Å². The first-order valence-electron chi connectivity index (χ1n) is 12.4. The molecule has 0 bridgehead atoms. The molecule has 0 radical (unpaired) electrons. The minimum atomic E-state index is -0.548. The van der Waals surface area contributed by atoms with Crippen LogP contribution in [0, 0.1) is 16.7 Å². The van der Waals surface area contributed by atoms with Crippen molar-refractivity contribution in [2.45, 2.75) is 50.7 Å². The average Bonchev–Trinajstić information content (AvgIpc) is 3.53. The predicted octanol–water partition coefficient (Wildman–Crippen LogP) is 3.53. The van der Waals surface area contributed by atoms with Gasteiger partial charge >= 0.3 is 5.97 Å². The van der Waals surface area contributed by atoms with E-state index in [0.29, 0.717) is 35.6 Å². The van der Waals surface area contributed by atoms with E-state index in [2.05, 4.69) is 20.9 Å². The van der Waals surface area contributed by atoms with E-state index in [9.17, 15) is 9.90 Å². The van der Waals surface area contributed by atoms with Gasteiger partial charge in [0.15, 0.2) is 0 Å². The van der Waals surface area contributed by atoms with Gasteiger partial charge in [0.25, 0.3) is 0 Å². The lowest BCUT2D eigenvalue weighted by Gasteiger charge is -2.40. The molecule has 1 unspecified atom stereocenters. The van der Waals surface area contributed by atoms with Gasteiger partial charge in [0.1, 0.15) is 18.5 Å². The molecule has 4 heterocycles. The second-order valence-corrected chi connectivity index (χ2v) is 10.4. The van der Waals surface area contributed by atoms with Crippen molar-refractivity contribution >= 4 is 11.8 Å². The molecule has 176 valence electrons. The molecule has 3 fully saturated rings. The van der Waals surface area contributed by atoms with Crippen LogP contribution in [0.5, 0.6) is 0 Å². The number of benzene rings is 1. The quantitative estimate of drug-likeness (QED) is 0.686. The summed E-state index contributed by atoms with van der Waals surface area (Å²) in [6, 6.07) is 9.72. The maximum Gasteiger partial charge on any atom is 0.338 e. The molecule has 2 saturated heterocycles. The van der Waals surface area contributed by atoms with E-state index in [1.807, 2.05) is 24.3 Å². The molecule has 34 heavy (non-hydrogen) atoms. The highest BCUT2D eigenvalue weighted by Gasteiger charge is 2.41. The molecule has 3 aliphatic heterocycles. The van der Waals surface area contributed by atoms with Gasteiger partial charge in [-0.1, -0.05) is 6.07 Å². The number of carbonyl (C=O) groups excluding carboxylic acids is 1. The largest absolute Gasteiger partial charge is 0.457 e. The SMILES string of the molecule is N#Cc1ccc(N2CCC3(CCN(CC(O)c4ccc5c(c4C4CC4)COC5=O)CC3)C2)nc1. The number of hydrogen-bond donors (Lipinski definition) is 1. The lowest BCUT2D eigenvalue weighted by molar-refractivity contribution is 0.0534. The Morgan fingerprint density at radius 3 is 2.68 bits per heavy atom. The summed E-state index contributed by atoms with van der Waals surface area (Å²) in [5, 5.41) is 20.2. The van der Waals surface area contributed by atoms with Crippen LogP contribution in [-0.4, -0.2) is 53.7 Å². The summed E-state index contributed by atoms with van der Waals surface area (Å²) in [5.41, 5.74) is 4.74. The van der Waals surface area contributed by atoms with Crippen molar-refractivity contribution in [1.82, 2.24) is 9.88 Å². The predicted molar refractivity (Wildman–Crippen MR) is 126 cm³/mol. The number of β-amino-alcohol motifs (C(OH)–C–C–N with tert-alkyl or cyclic N) is 1. The molecule has 1 spiro atoms. The fourth-order valence-corrected chi connectivity index (χ4v) is 6.12. The Kier molecular flexibility index (Phi) is 5.31. The van der Waals surface area contributed by atoms with Crippen LogP contribution >= 0.6 is 0 Å². The third kappa shape index (κ3) is 3.85. The molecule has 1 aromatic carbocycles. The number of esters is 1. The van der Waals surface area contributed by atoms with Crippen LogP contribution in [0.25, 0.3) is 0 Å². The molecule has 1 saturated carbocycles. The molecule has 1 N–H and O–H groups in total. The van der Waals surface area contributed by atoms with E-state index < -0.39 is 6.10 Å². The molecule has 2 aromatic rings. The number of fused-ring (bicyclic) bond motifs is 1. The second-order valence-electron chi connectivity index (χ2n) is 10.4. The fourth-order valence-electron chi connectivity index (χ4n) is 6.12. The van der Waals surface area contributed by atoms with Gasteiger partial charge in [-0.2, -0.15) is 5.26 Å². The van der Waals surface area contributed by atoms with Gasteiger partial charge in [-0.15, -0.1) is 0 Å². The number of nitrogens with zero attached hydrogens (tertiary/aromatic N) is 4. The molecular formula is C27H30N4O3.